The average molecular weight is 376 g/mol. The molecule has 150 valence electrons. The van der Waals surface area contributed by atoms with Crippen LogP contribution in [0.5, 0.6) is 5.75 Å². The second-order valence-electron chi connectivity index (χ2n) is 6.95. The number of carbonyl (C=O) groups excluding carboxylic acids is 2. The summed E-state index contributed by atoms with van der Waals surface area (Å²) in [5.74, 6) is 0.377. The Bertz CT molecular complexity index is 614. The van der Waals surface area contributed by atoms with E-state index in [9.17, 15) is 9.59 Å². The Morgan fingerprint density at radius 1 is 1.15 bits per heavy atom. The van der Waals surface area contributed by atoms with Crippen LogP contribution in [0.1, 0.15) is 46.5 Å². The van der Waals surface area contributed by atoms with Crippen molar-refractivity contribution < 1.29 is 14.3 Å². The Morgan fingerprint density at radius 3 is 2.52 bits per heavy atom. The smallest absolute Gasteiger partial charge is 0.268 e. The first-order valence-electron chi connectivity index (χ1n) is 10.2. The quantitative estimate of drug-likeness (QED) is 0.604. The molecule has 2 rings (SSSR count). The summed E-state index contributed by atoms with van der Waals surface area (Å²) in [5, 5.41) is 2.95. The van der Waals surface area contributed by atoms with Gasteiger partial charge in [-0.1, -0.05) is 32.9 Å². The first kappa shape index (κ1) is 21.2. The van der Waals surface area contributed by atoms with E-state index in [1.165, 1.54) is 0 Å². The van der Waals surface area contributed by atoms with Crippen LogP contribution >= 0.6 is 0 Å². The number of hydrogen-bond acceptors (Lipinski definition) is 4. The zero-order valence-electron chi connectivity index (χ0n) is 16.9. The summed E-state index contributed by atoms with van der Waals surface area (Å²) in [6.07, 6.45) is 3.25. The van der Waals surface area contributed by atoms with Gasteiger partial charge in [0, 0.05) is 6.54 Å². The molecule has 1 unspecified atom stereocenters. The SMILES string of the molecule is CCCN(CCC)CCCNC(=O)CN1C(=O)C(CC)Oc2ccccc21. The lowest BCUT2D eigenvalue weighted by atomic mass is 10.1. The molecule has 1 aromatic carbocycles. The second kappa shape index (κ2) is 10.9. The number of rotatable bonds is 11. The van der Waals surface area contributed by atoms with Crippen molar-refractivity contribution in [2.75, 3.05) is 37.6 Å². The van der Waals surface area contributed by atoms with Crippen molar-refractivity contribution in [3.05, 3.63) is 24.3 Å². The van der Waals surface area contributed by atoms with Crippen LogP contribution < -0.4 is 15.0 Å². The molecule has 0 fully saturated rings. The lowest BCUT2D eigenvalue weighted by Crippen LogP contribution is -2.49. The van der Waals surface area contributed by atoms with Gasteiger partial charge >= 0.3 is 0 Å². The molecule has 1 aromatic rings. The van der Waals surface area contributed by atoms with Gasteiger partial charge in [-0.2, -0.15) is 0 Å². The van der Waals surface area contributed by atoms with Crippen LogP contribution in [0.2, 0.25) is 0 Å². The molecule has 1 heterocycles. The molecule has 0 aromatic heterocycles. The van der Waals surface area contributed by atoms with Gasteiger partial charge < -0.3 is 15.0 Å². The van der Waals surface area contributed by atoms with E-state index in [0.717, 1.165) is 38.9 Å². The van der Waals surface area contributed by atoms with E-state index in [4.69, 9.17) is 4.74 Å². The first-order valence-corrected chi connectivity index (χ1v) is 10.2. The molecule has 27 heavy (non-hydrogen) atoms. The van der Waals surface area contributed by atoms with Crippen molar-refractivity contribution in [2.24, 2.45) is 0 Å². The zero-order valence-corrected chi connectivity index (χ0v) is 16.9. The predicted octanol–water partition coefficient (Wildman–Crippen LogP) is 2.82. The molecule has 1 aliphatic rings. The predicted molar refractivity (Wildman–Crippen MR) is 108 cm³/mol. The Balaban J connectivity index is 1.86. The third kappa shape index (κ3) is 5.96. The number of fused-ring (bicyclic) bond motifs is 1. The minimum Gasteiger partial charge on any atom is -0.478 e. The Labute approximate surface area is 162 Å². The lowest BCUT2D eigenvalue weighted by molar-refractivity contribution is -0.129. The minimum atomic E-state index is -0.524. The van der Waals surface area contributed by atoms with E-state index < -0.39 is 6.10 Å². The fourth-order valence-corrected chi connectivity index (χ4v) is 3.39. The topological polar surface area (TPSA) is 61.9 Å². The standard InChI is InChI=1S/C21H33N3O3/c1-4-13-23(14-5-2)15-9-12-22-20(25)16-24-17-10-7-8-11-19(17)27-18(6-3)21(24)26/h7-8,10-11,18H,4-6,9,12-16H2,1-3H3,(H,22,25). The number of benzene rings is 1. The second-order valence-corrected chi connectivity index (χ2v) is 6.95. The van der Waals surface area contributed by atoms with Gasteiger partial charge in [0.2, 0.25) is 5.91 Å². The number of hydrogen-bond donors (Lipinski definition) is 1. The van der Waals surface area contributed by atoms with Gasteiger partial charge in [-0.15, -0.1) is 0 Å². The Morgan fingerprint density at radius 2 is 1.85 bits per heavy atom. The normalized spacial score (nSPS) is 16.2. The van der Waals surface area contributed by atoms with Crippen LogP contribution in [0.25, 0.3) is 0 Å². The maximum absolute atomic E-state index is 12.6. The van der Waals surface area contributed by atoms with E-state index in [1.54, 1.807) is 4.90 Å². The van der Waals surface area contributed by atoms with E-state index in [-0.39, 0.29) is 18.4 Å². The fourth-order valence-electron chi connectivity index (χ4n) is 3.39. The summed E-state index contributed by atoms with van der Waals surface area (Å²) in [6, 6.07) is 7.38. The van der Waals surface area contributed by atoms with Crippen LogP contribution in [0.3, 0.4) is 0 Å². The number of nitrogens with one attached hydrogen (secondary N) is 1. The summed E-state index contributed by atoms with van der Waals surface area (Å²) in [5.41, 5.74) is 0.666. The average Bonchev–Trinajstić information content (AvgIpc) is 2.67. The van der Waals surface area contributed by atoms with E-state index in [1.807, 2.05) is 31.2 Å². The molecule has 6 nitrogen and oxygen atoms in total. The molecular formula is C21H33N3O3. The molecule has 0 saturated carbocycles. The molecule has 0 saturated heterocycles. The van der Waals surface area contributed by atoms with Crippen molar-refractivity contribution in [3.63, 3.8) is 0 Å². The number of carbonyl (C=O) groups is 2. The highest BCUT2D eigenvalue weighted by Gasteiger charge is 2.34. The fraction of sp³-hybridized carbons (Fsp3) is 0.619. The van der Waals surface area contributed by atoms with Gasteiger partial charge in [-0.25, -0.2) is 0 Å². The molecule has 1 aliphatic heterocycles. The van der Waals surface area contributed by atoms with Crippen molar-refractivity contribution in [3.8, 4) is 5.75 Å². The summed E-state index contributed by atoms with van der Waals surface area (Å²) in [4.78, 5) is 29.0. The number of ether oxygens (including phenoxy) is 1. The molecule has 0 radical (unpaired) electrons. The highest BCUT2D eigenvalue weighted by atomic mass is 16.5. The third-order valence-corrected chi connectivity index (χ3v) is 4.69. The first-order chi connectivity index (χ1) is 13.1. The number of amides is 2. The van der Waals surface area contributed by atoms with E-state index in [2.05, 4.69) is 24.1 Å². The van der Waals surface area contributed by atoms with Crippen LogP contribution in [-0.2, 0) is 9.59 Å². The highest BCUT2D eigenvalue weighted by molar-refractivity contribution is 6.03. The van der Waals surface area contributed by atoms with E-state index in [0.29, 0.717) is 24.4 Å². The minimum absolute atomic E-state index is 0.0311. The monoisotopic (exact) mass is 375 g/mol. The summed E-state index contributed by atoms with van der Waals surface area (Å²) in [7, 11) is 0. The van der Waals surface area contributed by atoms with Gasteiger partial charge in [0.1, 0.15) is 12.3 Å². The molecule has 2 amide bonds. The van der Waals surface area contributed by atoms with E-state index >= 15 is 0 Å². The van der Waals surface area contributed by atoms with Crippen molar-refractivity contribution >= 4 is 17.5 Å². The summed E-state index contributed by atoms with van der Waals surface area (Å²) < 4.78 is 5.75. The maximum Gasteiger partial charge on any atom is 0.268 e. The van der Waals surface area contributed by atoms with Crippen molar-refractivity contribution in [2.45, 2.75) is 52.6 Å². The maximum atomic E-state index is 12.6. The number of anilines is 1. The van der Waals surface area contributed by atoms with Crippen LogP contribution in [-0.4, -0.2) is 55.5 Å². The zero-order chi connectivity index (χ0) is 19.6. The Kier molecular flexibility index (Phi) is 8.58. The van der Waals surface area contributed by atoms with Crippen molar-refractivity contribution in [1.29, 1.82) is 0 Å². The summed E-state index contributed by atoms with van der Waals surface area (Å²) >= 11 is 0. The van der Waals surface area contributed by atoms with Crippen LogP contribution in [0.15, 0.2) is 24.3 Å². The van der Waals surface area contributed by atoms with Gasteiger partial charge in [0.05, 0.1) is 5.69 Å². The molecule has 0 aliphatic carbocycles. The molecule has 0 bridgehead atoms. The van der Waals surface area contributed by atoms with Gasteiger partial charge in [-0.05, 0) is 57.5 Å². The molecule has 6 heteroatoms. The third-order valence-electron chi connectivity index (χ3n) is 4.69. The van der Waals surface area contributed by atoms with Crippen LogP contribution in [0, 0.1) is 0 Å². The largest absolute Gasteiger partial charge is 0.478 e. The Hall–Kier alpha value is -2.08. The summed E-state index contributed by atoms with van der Waals surface area (Å²) in [6.45, 7) is 10.1. The number of para-hydroxylation sites is 2. The molecule has 1 atom stereocenters. The van der Waals surface area contributed by atoms with Gasteiger partial charge in [-0.3, -0.25) is 14.5 Å². The molecule has 0 spiro atoms. The van der Waals surface area contributed by atoms with Crippen LogP contribution in [0.4, 0.5) is 5.69 Å². The highest BCUT2D eigenvalue weighted by Crippen LogP contribution is 2.34. The van der Waals surface area contributed by atoms with Gasteiger partial charge in [0.25, 0.3) is 5.91 Å². The molecule has 1 N–H and O–H groups in total. The lowest BCUT2D eigenvalue weighted by Gasteiger charge is -2.33. The molecular weight excluding hydrogens is 342 g/mol. The number of nitrogens with zero attached hydrogens (tertiary/aromatic N) is 2. The van der Waals surface area contributed by atoms with Crippen molar-refractivity contribution in [1.82, 2.24) is 10.2 Å². The van der Waals surface area contributed by atoms with Gasteiger partial charge in [0.15, 0.2) is 6.10 Å².